The minimum absolute atomic E-state index is 0.0793. The summed E-state index contributed by atoms with van der Waals surface area (Å²) in [6.07, 6.45) is 6.92. The second kappa shape index (κ2) is 7.78. The fraction of sp³-hybridized carbons (Fsp3) is 0.964. The van der Waals surface area contributed by atoms with Crippen LogP contribution in [0.15, 0.2) is 0 Å². The summed E-state index contributed by atoms with van der Waals surface area (Å²) >= 11 is 0. The van der Waals surface area contributed by atoms with E-state index < -0.39 is 12.2 Å². The number of rotatable bonds is 5. The number of epoxide rings is 1. The molecular formula is C28H46O4. The van der Waals surface area contributed by atoms with E-state index in [9.17, 15) is 15.0 Å². The largest absolute Gasteiger partial charge is 0.390 e. The van der Waals surface area contributed by atoms with Crippen molar-refractivity contribution in [3.63, 3.8) is 0 Å². The number of carbonyl (C=O) groups excluding carboxylic acids is 1. The number of aliphatic hydroxyl groups is 2. The zero-order valence-corrected chi connectivity index (χ0v) is 21.1. The lowest BCUT2D eigenvalue weighted by Crippen LogP contribution is -2.57. The third-order valence-electron chi connectivity index (χ3n) is 11.9. The maximum atomic E-state index is 13.4. The summed E-state index contributed by atoms with van der Waals surface area (Å²) in [6.45, 7) is 13.3. The van der Waals surface area contributed by atoms with Crippen LogP contribution in [-0.2, 0) is 9.53 Å². The molecule has 182 valence electrons. The highest BCUT2D eigenvalue weighted by Gasteiger charge is 2.66. The molecule has 4 heteroatoms. The summed E-state index contributed by atoms with van der Waals surface area (Å²) in [5.41, 5.74) is 0.282. The first kappa shape index (κ1) is 23.3. The van der Waals surface area contributed by atoms with Gasteiger partial charge in [-0.3, -0.25) is 4.79 Å². The van der Waals surface area contributed by atoms with Crippen LogP contribution in [0.2, 0.25) is 0 Å². The van der Waals surface area contributed by atoms with Crippen molar-refractivity contribution in [1.82, 2.24) is 0 Å². The first-order valence-corrected chi connectivity index (χ1v) is 13.5. The minimum atomic E-state index is -0.678. The number of carbonyl (C=O) groups is 1. The van der Waals surface area contributed by atoms with Gasteiger partial charge in [0.2, 0.25) is 0 Å². The lowest BCUT2D eigenvalue weighted by molar-refractivity contribution is -0.154. The van der Waals surface area contributed by atoms with Gasteiger partial charge in [-0.05, 0) is 90.8 Å². The standard InChI is InChI=1S/C28H46O4/c1-14(2)15(3)25(30)26(31)16(4)18-7-8-19-17-11-22(29)21-12-23-24(32-23)13-28(21,6)20(17)9-10-27(18,19)5/h14-21,23-26,30-31H,7-13H2,1-6H3/t15-,16-,17-,18+,19-,20-,21+,23+,24-,25+,26+,27-,28+/m0/s1. The average molecular weight is 447 g/mol. The van der Waals surface area contributed by atoms with Crippen LogP contribution in [0, 0.1) is 58.2 Å². The molecule has 5 fully saturated rings. The molecule has 4 nitrogen and oxygen atoms in total. The predicted molar refractivity (Wildman–Crippen MR) is 125 cm³/mol. The van der Waals surface area contributed by atoms with E-state index in [1.807, 2.05) is 0 Å². The molecule has 0 bridgehead atoms. The Kier molecular flexibility index (Phi) is 5.67. The van der Waals surface area contributed by atoms with E-state index in [0.29, 0.717) is 47.6 Å². The second-order valence-corrected chi connectivity index (χ2v) is 13.4. The Morgan fingerprint density at radius 2 is 1.62 bits per heavy atom. The van der Waals surface area contributed by atoms with Crippen molar-refractivity contribution >= 4 is 5.78 Å². The van der Waals surface area contributed by atoms with Crippen LogP contribution in [0.5, 0.6) is 0 Å². The Balaban J connectivity index is 1.36. The van der Waals surface area contributed by atoms with Crippen molar-refractivity contribution < 1.29 is 19.7 Å². The van der Waals surface area contributed by atoms with Crippen molar-refractivity contribution in [2.24, 2.45) is 58.2 Å². The Bertz CT molecular complexity index is 750. The van der Waals surface area contributed by atoms with Crippen LogP contribution < -0.4 is 0 Å². The Morgan fingerprint density at radius 1 is 0.938 bits per heavy atom. The maximum absolute atomic E-state index is 13.4. The van der Waals surface area contributed by atoms with Crippen molar-refractivity contribution in [2.75, 3.05) is 0 Å². The molecule has 0 aromatic carbocycles. The molecule has 0 aromatic rings. The normalized spacial score (nSPS) is 51.2. The molecule has 4 saturated carbocycles. The quantitative estimate of drug-likeness (QED) is 0.592. The average Bonchev–Trinajstić information content (AvgIpc) is 3.39. The summed E-state index contributed by atoms with van der Waals surface area (Å²) in [7, 11) is 0. The molecule has 0 radical (unpaired) electrons. The second-order valence-electron chi connectivity index (χ2n) is 13.4. The zero-order chi connectivity index (χ0) is 23.2. The maximum Gasteiger partial charge on any atom is 0.136 e. The third kappa shape index (κ3) is 3.29. The molecule has 32 heavy (non-hydrogen) atoms. The third-order valence-corrected chi connectivity index (χ3v) is 11.9. The molecule has 0 unspecified atom stereocenters. The van der Waals surface area contributed by atoms with Crippen LogP contribution in [0.1, 0.15) is 86.5 Å². The van der Waals surface area contributed by atoms with Crippen LogP contribution in [-0.4, -0.2) is 40.4 Å². The van der Waals surface area contributed by atoms with E-state index in [1.165, 1.54) is 19.3 Å². The van der Waals surface area contributed by atoms with Crippen molar-refractivity contribution in [1.29, 1.82) is 0 Å². The number of fused-ring (bicyclic) bond motifs is 6. The summed E-state index contributed by atoms with van der Waals surface area (Å²) in [5.74, 6) is 3.34. The predicted octanol–water partition coefficient (Wildman–Crippen LogP) is 4.85. The van der Waals surface area contributed by atoms with Crippen molar-refractivity contribution in [2.45, 2.75) is 111 Å². The molecule has 1 heterocycles. The van der Waals surface area contributed by atoms with Gasteiger partial charge in [-0.15, -0.1) is 0 Å². The molecule has 2 N–H and O–H groups in total. The lowest BCUT2D eigenvalue weighted by atomic mass is 9.44. The Hall–Kier alpha value is -0.450. The fourth-order valence-corrected chi connectivity index (χ4v) is 9.48. The molecule has 1 saturated heterocycles. The van der Waals surface area contributed by atoms with Gasteiger partial charge in [0.05, 0.1) is 24.4 Å². The monoisotopic (exact) mass is 446 g/mol. The number of hydrogen-bond acceptors (Lipinski definition) is 4. The van der Waals surface area contributed by atoms with E-state index in [1.54, 1.807) is 0 Å². The summed E-state index contributed by atoms with van der Waals surface area (Å²) < 4.78 is 5.90. The Labute approximate surface area is 194 Å². The highest BCUT2D eigenvalue weighted by atomic mass is 16.6. The molecule has 5 rings (SSSR count). The first-order chi connectivity index (χ1) is 15.0. The lowest BCUT2D eigenvalue weighted by Gasteiger charge is -2.59. The van der Waals surface area contributed by atoms with Gasteiger partial charge in [0.15, 0.2) is 0 Å². The zero-order valence-electron chi connectivity index (χ0n) is 21.1. The summed E-state index contributed by atoms with van der Waals surface area (Å²) in [4.78, 5) is 13.4. The van der Waals surface area contributed by atoms with Gasteiger partial charge in [0.1, 0.15) is 5.78 Å². The van der Waals surface area contributed by atoms with Gasteiger partial charge >= 0.3 is 0 Å². The van der Waals surface area contributed by atoms with Crippen molar-refractivity contribution in [3.05, 3.63) is 0 Å². The molecular weight excluding hydrogens is 400 g/mol. The van der Waals surface area contributed by atoms with Gasteiger partial charge in [-0.25, -0.2) is 0 Å². The number of hydrogen-bond donors (Lipinski definition) is 2. The fourth-order valence-electron chi connectivity index (χ4n) is 9.48. The molecule has 0 amide bonds. The first-order valence-electron chi connectivity index (χ1n) is 13.5. The molecule has 1 aliphatic heterocycles. The summed E-state index contributed by atoms with van der Waals surface area (Å²) in [6, 6.07) is 0. The molecule has 4 aliphatic carbocycles. The van der Waals surface area contributed by atoms with Crippen LogP contribution in [0.4, 0.5) is 0 Å². The van der Waals surface area contributed by atoms with Gasteiger partial charge < -0.3 is 14.9 Å². The smallest absolute Gasteiger partial charge is 0.136 e. The number of aliphatic hydroxyl groups excluding tert-OH is 2. The van der Waals surface area contributed by atoms with Gasteiger partial charge in [-0.2, -0.15) is 0 Å². The molecule has 0 aromatic heterocycles. The SMILES string of the molecule is CC(C)[C@H](C)[C@@H](O)[C@H](O)[C@@H](C)[C@H]1CC[C@H]2[C@@H]3CC(=O)[C@H]4C[C@H]5O[C@H]5C[C@]4(C)[C@H]3CC[C@@]12C. The number of Topliss-reactive ketones (excluding diaryl/α,β-unsaturated/α-hetero) is 1. The topological polar surface area (TPSA) is 70.1 Å². The minimum Gasteiger partial charge on any atom is -0.390 e. The number of ether oxygens (including phenoxy) is 1. The van der Waals surface area contributed by atoms with Gasteiger partial charge in [0, 0.05) is 12.3 Å². The highest BCUT2D eigenvalue weighted by Crippen LogP contribution is 2.69. The molecule has 0 spiro atoms. The molecule has 13 atom stereocenters. The van der Waals surface area contributed by atoms with Crippen LogP contribution in [0.3, 0.4) is 0 Å². The number of ketones is 1. The molecule has 5 aliphatic rings. The highest BCUT2D eigenvalue weighted by molar-refractivity contribution is 5.83. The van der Waals surface area contributed by atoms with E-state index in [2.05, 4.69) is 41.5 Å². The van der Waals surface area contributed by atoms with Crippen LogP contribution >= 0.6 is 0 Å². The van der Waals surface area contributed by atoms with Crippen LogP contribution in [0.25, 0.3) is 0 Å². The summed E-state index contributed by atoms with van der Waals surface area (Å²) in [5, 5.41) is 22.0. The van der Waals surface area contributed by atoms with E-state index in [0.717, 1.165) is 25.7 Å². The van der Waals surface area contributed by atoms with E-state index in [-0.39, 0.29) is 28.6 Å². The van der Waals surface area contributed by atoms with Crippen molar-refractivity contribution in [3.8, 4) is 0 Å². The Morgan fingerprint density at radius 3 is 2.31 bits per heavy atom. The van der Waals surface area contributed by atoms with E-state index in [4.69, 9.17) is 4.74 Å². The van der Waals surface area contributed by atoms with Gasteiger partial charge in [-0.1, -0.05) is 41.5 Å². The van der Waals surface area contributed by atoms with Gasteiger partial charge in [0.25, 0.3) is 0 Å². The van der Waals surface area contributed by atoms with E-state index >= 15 is 0 Å².